The normalized spacial score (nSPS) is 11.1. The molecule has 0 spiro atoms. The Kier molecular flexibility index (Phi) is 5.70. The first-order chi connectivity index (χ1) is 16.2. The van der Waals surface area contributed by atoms with Crippen LogP contribution in [0.25, 0.3) is 43.8 Å². The highest BCUT2D eigenvalue weighted by molar-refractivity contribution is 6.21. The summed E-state index contributed by atoms with van der Waals surface area (Å²) in [4.78, 5) is 0. The van der Waals surface area contributed by atoms with E-state index in [0.29, 0.717) is 13.2 Å². The van der Waals surface area contributed by atoms with E-state index >= 15 is 0 Å². The molecule has 0 saturated heterocycles. The molecule has 0 amide bonds. The van der Waals surface area contributed by atoms with Crippen LogP contribution >= 0.6 is 0 Å². The number of ether oxygens (including phenoxy) is 2. The van der Waals surface area contributed by atoms with Crippen molar-refractivity contribution in [2.45, 2.75) is 13.8 Å². The number of fused-ring (bicyclic) bond motifs is 2. The van der Waals surface area contributed by atoms with Crippen LogP contribution in [0.4, 0.5) is 4.39 Å². The van der Waals surface area contributed by atoms with E-state index in [1.165, 1.54) is 6.07 Å². The molecule has 2 nitrogen and oxygen atoms in total. The fourth-order valence-corrected chi connectivity index (χ4v) is 4.54. The maximum absolute atomic E-state index is 14.5. The predicted octanol–water partition coefficient (Wildman–Crippen LogP) is 8.26. The number of hydrogen-bond donors (Lipinski definition) is 0. The van der Waals surface area contributed by atoms with Gasteiger partial charge in [-0.25, -0.2) is 4.39 Å². The first-order valence-electron chi connectivity index (χ1n) is 11.3. The lowest BCUT2D eigenvalue weighted by Gasteiger charge is -2.18. The van der Waals surface area contributed by atoms with Crippen molar-refractivity contribution in [1.82, 2.24) is 0 Å². The minimum atomic E-state index is -0.248. The van der Waals surface area contributed by atoms with E-state index in [2.05, 4.69) is 30.3 Å². The Morgan fingerprint density at radius 2 is 1.00 bits per heavy atom. The number of halogens is 1. The predicted molar refractivity (Wildman–Crippen MR) is 135 cm³/mol. The summed E-state index contributed by atoms with van der Waals surface area (Å²) in [5, 5.41) is 4.12. The molecule has 0 bridgehead atoms. The van der Waals surface area contributed by atoms with E-state index in [0.717, 1.165) is 55.3 Å². The zero-order chi connectivity index (χ0) is 22.8. The van der Waals surface area contributed by atoms with Crippen molar-refractivity contribution >= 4 is 21.5 Å². The minimum absolute atomic E-state index is 0.248. The summed E-state index contributed by atoms with van der Waals surface area (Å²) < 4.78 is 25.8. The van der Waals surface area contributed by atoms with Gasteiger partial charge in [-0.15, -0.1) is 0 Å². The molecule has 5 aromatic carbocycles. The number of hydrogen-bond acceptors (Lipinski definition) is 2. The molecule has 5 aromatic rings. The smallest absolute Gasteiger partial charge is 0.123 e. The number of rotatable bonds is 6. The van der Waals surface area contributed by atoms with Gasteiger partial charge in [0.15, 0.2) is 0 Å². The van der Waals surface area contributed by atoms with E-state index in [9.17, 15) is 4.39 Å². The van der Waals surface area contributed by atoms with Gasteiger partial charge >= 0.3 is 0 Å². The minimum Gasteiger partial charge on any atom is -0.494 e. The zero-order valence-corrected chi connectivity index (χ0v) is 18.8. The molecule has 164 valence electrons. The standard InChI is InChI=1S/C30H25FO2/c1-3-32-23-14-9-20(10-15-23)29-25-7-5-6-8-26(25)30(28-19-22(31)13-18-27(28)29)21-11-16-24(17-12-21)33-4-2/h5-19H,3-4H2,1-2H3. The van der Waals surface area contributed by atoms with Crippen LogP contribution < -0.4 is 9.47 Å². The second-order valence-corrected chi connectivity index (χ2v) is 7.90. The van der Waals surface area contributed by atoms with E-state index in [1.54, 1.807) is 6.07 Å². The average molecular weight is 437 g/mol. The fraction of sp³-hybridized carbons (Fsp3) is 0.133. The summed E-state index contributed by atoms with van der Waals surface area (Å²) >= 11 is 0. The largest absolute Gasteiger partial charge is 0.494 e. The van der Waals surface area contributed by atoms with Crippen molar-refractivity contribution < 1.29 is 13.9 Å². The van der Waals surface area contributed by atoms with Crippen LogP contribution in [0.15, 0.2) is 91.0 Å². The molecule has 3 heteroatoms. The Hall–Kier alpha value is -3.85. The highest BCUT2D eigenvalue weighted by atomic mass is 19.1. The molecule has 0 aliphatic heterocycles. The Labute approximate surface area is 193 Å². The second kappa shape index (κ2) is 8.95. The summed E-state index contributed by atoms with van der Waals surface area (Å²) in [7, 11) is 0. The molecule has 33 heavy (non-hydrogen) atoms. The molecular formula is C30H25FO2. The Balaban J connectivity index is 1.82. The first-order valence-corrected chi connectivity index (χ1v) is 11.3. The van der Waals surface area contributed by atoms with E-state index < -0.39 is 0 Å². The Morgan fingerprint density at radius 1 is 0.545 bits per heavy atom. The van der Waals surface area contributed by atoms with Crippen molar-refractivity contribution in [3.8, 4) is 33.8 Å². The summed E-state index contributed by atoms with van der Waals surface area (Å²) in [6, 6.07) is 29.6. The van der Waals surface area contributed by atoms with Crippen LogP contribution in [0, 0.1) is 5.82 Å². The molecule has 5 rings (SSSR count). The number of benzene rings is 5. The second-order valence-electron chi connectivity index (χ2n) is 7.90. The Bertz CT molecular complexity index is 1420. The highest BCUT2D eigenvalue weighted by Gasteiger charge is 2.17. The molecule has 0 aromatic heterocycles. The molecule has 0 aliphatic rings. The van der Waals surface area contributed by atoms with Gasteiger partial charge in [0.2, 0.25) is 0 Å². The average Bonchev–Trinajstić information content (AvgIpc) is 2.84. The molecule has 0 N–H and O–H groups in total. The first kappa shape index (κ1) is 21.0. The van der Waals surface area contributed by atoms with Crippen LogP contribution in [0.1, 0.15) is 13.8 Å². The van der Waals surface area contributed by atoms with Gasteiger partial charge in [0.1, 0.15) is 17.3 Å². The fourth-order valence-electron chi connectivity index (χ4n) is 4.54. The van der Waals surface area contributed by atoms with E-state index in [-0.39, 0.29) is 5.82 Å². The maximum Gasteiger partial charge on any atom is 0.123 e. The van der Waals surface area contributed by atoms with Crippen LogP contribution in [-0.4, -0.2) is 13.2 Å². The van der Waals surface area contributed by atoms with E-state index in [1.807, 2.05) is 62.4 Å². The summed E-state index contributed by atoms with van der Waals surface area (Å²) in [5.41, 5.74) is 4.23. The SMILES string of the molecule is CCOc1ccc(-c2c3ccccc3c(-c3ccc(OCC)cc3)c3cc(F)ccc23)cc1. The monoisotopic (exact) mass is 436 g/mol. The van der Waals surface area contributed by atoms with Crippen LogP contribution in [0.2, 0.25) is 0 Å². The van der Waals surface area contributed by atoms with Gasteiger partial charge in [0.05, 0.1) is 13.2 Å². The molecule has 0 aliphatic carbocycles. The quantitative estimate of drug-likeness (QED) is 0.249. The maximum atomic E-state index is 14.5. The van der Waals surface area contributed by atoms with Gasteiger partial charge in [-0.3, -0.25) is 0 Å². The molecule has 0 radical (unpaired) electrons. The van der Waals surface area contributed by atoms with E-state index in [4.69, 9.17) is 9.47 Å². The molecule has 0 fully saturated rings. The molecule has 0 atom stereocenters. The van der Waals surface area contributed by atoms with Gasteiger partial charge in [0.25, 0.3) is 0 Å². The topological polar surface area (TPSA) is 18.5 Å². The van der Waals surface area contributed by atoms with Crippen molar-refractivity contribution in [1.29, 1.82) is 0 Å². The molecule has 0 heterocycles. The van der Waals surface area contributed by atoms with Crippen LogP contribution in [0.3, 0.4) is 0 Å². The highest BCUT2D eigenvalue weighted by Crippen LogP contribution is 2.44. The van der Waals surface area contributed by atoms with Crippen molar-refractivity contribution in [3.05, 3.63) is 96.8 Å². The lowest BCUT2D eigenvalue weighted by molar-refractivity contribution is 0.340. The lowest BCUT2D eigenvalue weighted by atomic mass is 9.86. The van der Waals surface area contributed by atoms with Crippen molar-refractivity contribution in [2.24, 2.45) is 0 Å². The van der Waals surface area contributed by atoms with Gasteiger partial charge in [-0.2, -0.15) is 0 Å². The van der Waals surface area contributed by atoms with Gasteiger partial charge in [-0.1, -0.05) is 54.6 Å². The van der Waals surface area contributed by atoms with Crippen LogP contribution in [-0.2, 0) is 0 Å². The third-order valence-corrected chi connectivity index (χ3v) is 5.89. The Morgan fingerprint density at radius 3 is 1.48 bits per heavy atom. The van der Waals surface area contributed by atoms with Gasteiger partial charge < -0.3 is 9.47 Å². The van der Waals surface area contributed by atoms with Crippen LogP contribution in [0.5, 0.6) is 11.5 Å². The third kappa shape index (κ3) is 3.91. The zero-order valence-electron chi connectivity index (χ0n) is 18.8. The van der Waals surface area contributed by atoms with Gasteiger partial charge in [-0.05, 0) is 94.0 Å². The molecule has 0 saturated carbocycles. The third-order valence-electron chi connectivity index (χ3n) is 5.89. The van der Waals surface area contributed by atoms with Crippen molar-refractivity contribution in [3.63, 3.8) is 0 Å². The summed E-state index contributed by atoms with van der Waals surface area (Å²) in [6.07, 6.45) is 0. The van der Waals surface area contributed by atoms with Gasteiger partial charge in [0, 0.05) is 0 Å². The van der Waals surface area contributed by atoms with Crippen molar-refractivity contribution in [2.75, 3.05) is 13.2 Å². The molecular weight excluding hydrogens is 411 g/mol. The molecule has 0 unspecified atom stereocenters. The summed E-state index contributed by atoms with van der Waals surface area (Å²) in [5.74, 6) is 1.42. The lowest BCUT2D eigenvalue weighted by Crippen LogP contribution is -1.94. The summed E-state index contributed by atoms with van der Waals surface area (Å²) in [6.45, 7) is 5.19.